The van der Waals surface area contributed by atoms with Crippen molar-refractivity contribution in [1.82, 2.24) is 4.98 Å². The number of hydrogen-bond acceptors (Lipinski definition) is 5. The Kier molecular flexibility index (Phi) is 3.22. The molecule has 2 N–H and O–H groups in total. The first-order valence-corrected chi connectivity index (χ1v) is 5.20. The summed E-state index contributed by atoms with van der Waals surface area (Å²) in [4.78, 5) is 4.04. The lowest BCUT2D eigenvalue weighted by atomic mass is 10.1. The molecule has 0 bridgehead atoms. The average molecular weight is 219 g/mol. The minimum Gasteiger partial charge on any atom is -0.474 e. The van der Waals surface area contributed by atoms with E-state index in [-0.39, 0.29) is 11.8 Å². The molecule has 1 aromatic rings. The monoisotopic (exact) mass is 219 g/mol. The standard InChI is InChI=1S/C11H13N3O2/c12-7-10-9(13)1-2-11(14-10)16-8-3-5-15-6-4-8/h1-2,8H,3-6,13H2. The Labute approximate surface area is 93.8 Å². The third-order valence-electron chi connectivity index (χ3n) is 2.46. The molecule has 0 atom stereocenters. The minimum absolute atomic E-state index is 0.122. The second-order valence-electron chi connectivity index (χ2n) is 3.63. The smallest absolute Gasteiger partial charge is 0.214 e. The van der Waals surface area contributed by atoms with Crippen LogP contribution in [0.1, 0.15) is 18.5 Å². The number of nitriles is 1. The molecule has 0 aliphatic carbocycles. The molecule has 2 rings (SSSR count). The van der Waals surface area contributed by atoms with Crippen molar-refractivity contribution in [1.29, 1.82) is 5.26 Å². The van der Waals surface area contributed by atoms with Crippen LogP contribution in [0, 0.1) is 11.3 Å². The van der Waals surface area contributed by atoms with Crippen LogP contribution in [0.3, 0.4) is 0 Å². The number of ether oxygens (including phenoxy) is 2. The molecule has 5 nitrogen and oxygen atoms in total. The number of anilines is 1. The van der Waals surface area contributed by atoms with Gasteiger partial charge >= 0.3 is 0 Å². The van der Waals surface area contributed by atoms with E-state index in [0.717, 1.165) is 12.8 Å². The molecule has 0 saturated carbocycles. The summed E-state index contributed by atoms with van der Waals surface area (Å²) in [5, 5.41) is 8.78. The lowest BCUT2D eigenvalue weighted by Crippen LogP contribution is -2.26. The number of aromatic nitrogens is 1. The molecular formula is C11H13N3O2. The molecule has 1 fully saturated rings. The Hall–Kier alpha value is -1.80. The summed E-state index contributed by atoms with van der Waals surface area (Å²) < 4.78 is 10.9. The molecule has 0 spiro atoms. The second kappa shape index (κ2) is 4.81. The van der Waals surface area contributed by atoms with E-state index in [1.54, 1.807) is 12.1 Å². The molecular weight excluding hydrogens is 206 g/mol. The first-order chi connectivity index (χ1) is 7.79. The van der Waals surface area contributed by atoms with E-state index in [1.807, 2.05) is 6.07 Å². The van der Waals surface area contributed by atoms with Crippen molar-refractivity contribution in [2.24, 2.45) is 0 Å². The summed E-state index contributed by atoms with van der Waals surface area (Å²) in [6.45, 7) is 1.43. The maximum atomic E-state index is 8.78. The van der Waals surface area contributed by atoms with Gasteiger partial charge in [-0.15, -0.1) is 0 Å². The van der Waals surface area contributed by atoms with Gasteiger partial charge in [0.05, 0.1) is 18.9 Å². The van der Waals surface area contributed by atoms with Gasteiger partial charge in [0, 0.05) is 18.9 Å². The lowest BCUT2D eigenvalue weighted by Gasteiger charge is -2.22. The van der Waals surface area contributed by atoms with Crippen LogP contribution in [0.5, 0.6) is 5.88 Å². The Morgan fingerprint density at radius 3 is 2.88 bits per heavy atom. The highest BCUT2D eigenvalue weighted by Crippen LogP contribution is 2.18. The minimum atomic E-state index is 0.122. The van der Waals surface area contributed by atoms with E-state index < -0.39 is 0 Å². The van der Waals surface area contributed by atoms with Crippen LogP contribution >= 0.6 is 0 Å². The van der Waals surface area contributed by atoms with Crippen LogP contribution in [0.25, 0.3) is 0 Å². The number of pyridine rings is 1. The van der Waals surface area contributed by atoms with Crippen molar-refractivity contribution < 1.29 is 9.47 Å². The van der Waals surface area contributed by atoms with Crippen LogP contribution < -0.4 is 10.5 Å². The molecule has 1 saturated heterocycles. The topological polar surface area (TPSA) is 81.2 Å². The maximum Gasteiger partial charge on any atom is 0.214 e. The van der Waals surface area contributed by atoms with Gasteiger partial charge in [-0.05, 0) is 6.07 Å². The highest BCUT2D eigenvalue weighted by Gasteiger charge is 2.16. The fourth-order valence-electron chi connectivity index (χ4n) is 1.57. The van der Waals surface area contributed by atoms with E-state index in [0.29, 0.717) is 24.8 Å². The SMILES string of the molecule is N#Cc1nc(OC2CCOCC2)ccc1N. The van der Waals surface area contributed by atoms with Crippen molar-refractivity contribution >= 4 is 5.69 Å². The van der Waals surface area contributed by atoms with Gasteiger partial charge < -0.3 is 15.2 Å². The van der Waals surface area contributed by atoms with E-state index in [2.05, 4.69) is 4.98 Å². The van der Waals surface area contributed by atoms with Gasteiger partial charge in [-0.1, -0.05) is 0 Å². The zero-order valence-electron chi connectivity index (χ0n) is 8.85. The third-order valence-corrected chi connectivity index (χ3v) is 2.46. The summed E-state index contributed by atoms with van der Waals surface area (Å²) in [7, 11) is 0. The normalized spacial score (nSPS) is 16.7. The van der Waals surface area contributed by atoms with Crippen molar-refractivity contribution in [3.05, 3.63) is 17.8 Å². The first kappa shape index (κ1) is 10.7. The molecule has 0 amide bonds. The number of rotatable bonds is 2. The van der Waals surface area contributed by atoms with Crippen LogP contribution in [0.4, 0.5) is 5.69 Å². The predicted octanol–water partition coefficient (Wildman–Crippen LogP) is 1.09. The number of nitrogen functional groups attached to an aromatic ring is 1. The van der Waals surface area contributed by atoms with Crippen LogP contribution in [-0.2, 0) is 4.74 Å². The van der Waals surface area contributed by atoms with Crippen molar-refractivity contribution in [3.8, 4) is 11.9 Å². The van der Waals surface area contributed by atoms with Crippen molar-refractivity contribution in [2.75, 3.05) is 18.9 Å². The maximum absolute atomic E-state index is 8.78. The fraction of sp³-hybridized carbons (Fsp3) is 0.455. The van der Waals surface area contributed by atoms with E-state index in [1.165, 1.54) is 0 Å². The quantitative estimate of drug-likeness (QED) is 0.805. The Morgan fingerprint density at radius 1 is 1.44 bits per heavy atom. The molecule has 2 heterocycles. The van der Waals surface area contributed by atoms with E-state index in [9.17, 15) is 0 Å². The number of hydrogen-bond donors (Lipinski definition) is 1. The summed E-state index contributed by atoms with van der Waals surface area (Å²) in [5.41, 5.74) is 6.16. The summed E-state index contributed by atoms with van der Waals surface area (Å²) in [6.07, 6.45) is 1.83. The summed E-state index contributed by atoms with van der Waals surface area (Å²) >= 11 is 0. The van der Waals surface area contributed by atoms with Crippen LogP contribution in [0.2, 0.25) is 0 Å². The zero-order valence-corrected chi connectivity index (χ0v) is 8.85. The number of nitrogens with two attached hydrogens (primary N) is 1. The van der Waals surface area contributed by atoms with Gasteiger partial charge in [-0.2, -0.15) is 5.26 Å². The predicted molar refractivity (Wildman–Crippen MR) is 57.8 cm³/mol. The molecule has 1 aromatic heterocycles. The largest absolute Gasteiger partial charge is 0.474 e. The summed E-state index contributed by atoms with van der Waals surface area (Å²) in [5.74, 6) is 0.456. The molecule has 84 valence electrons. The Morgan fingerprint density at radius 2 is 2.19 bits per heavy atom. The molecule has 0 radical (unpaired) electrons. The average Bonchev–Trinajstić information content (AvgIpc) is 2.33. The second-order valence-corrected chi connectivity index (χ2v) is 3.63. The summed E-state index contributed by atoms with van der Waals surface area (Å²) in [6, 6.07) is 5.26. The fourth-order valence-corrected chi connectivity index (χ4v) is 1.57. The highest BCUT2D eigenvalue weighted by molar-refractivity contribution is 5.50. The van der Waals surface area contributed by atoms with Gasteiger partial charge in [-0.3, -0.25) is 0 Å². The molecule has 16 heavy (non-hydrogen) atoms. The Balaban J connectivity index is 2.06. The molecule has 1 aliphatic heterocycles. The number of nitrogens with zero attached hydrogens (tertiary/aromatic N) is 2. The molecule has 0 unspecified atom stereocenters. The highest BCUT2D eigenvalue weighted by atomic mass is 16.5. The lowest BCUT2D eigenvalue weighted by molar-refractivity contribution is 0.0237. The Bertz CT molecular complexity index is 408. The van der Waals surface area contributed by atoms with Crippen LogP contribution in [0.15, 0.2) is 12.1 Å². The van der Waals surface area contributed by atoms with Gasteiger partial charge in [0.15, 0.2) is 5.69 Å². The van der Waals surface area contributed by atoms with Crippen molar-refractivity contribution in [3.63, 3.8) is 0 Å². The van der Waals surface area contributed by atoms with Gasteiger partial charge in [0.2, 0.25) is 5.88 Å². The third kappa shape index (κ3) is 2.41. The van der Waals surface area contributed by atoms with E-state index >= 15 is 0 Å². The van der Waals surface area contributed by atoms with Crippen molar-refractivity contribution in [2.45, 2.75) is 18.9 Å². The van der Waals surface area contributed by atoms with E-state index in [4.69, 9.17) is 20.5 Å². The van der Waals surface area contributed by atoms with Crippen LogP contribution in [-0.4, -0.2) is 24.3 Å². The first-order valence-electron chi connectivity index (χ1n) is 5.20. The van der Waals surface area contributed by atoms with Gasteiger partial charge in [0.25, 0.3) is 0 Å². The van der Waals surface area contributed by atoms with Gasteiger partial charge in [0.1, 0.15) is 12.2 Å². The van der Waals surface area contributed by atoms with Gasteiger partial charge in [-0.25, -0.2) is 4.98 Å². The molecule has 1 aliphatic rings. The molecule has 0 aromatic carbocycles. The zero-order chi connectivity index (χ0) is 11.4. The molecule has 5 heteroatoms.